The van der Waals surface area contributed by atoms with Gasteiger partial charge in [-0.2, -0.15) is 10.2 Å². The molecular weight excluding hydrogens is 536 g/mol. The molecule has 0 saturated heterocycles. The van der Waals surface area contributed by atoms with E-state index in [1.165, 1.54) is 12.4 Å². The van der Waals surface area contributed by atoms with Crippen LogP contribution in [0.5, 0.6) is 0 Å². The maximum absolute atomic E-state index is 11.8. The van der Waals surface area contributed by atoms with Gasteiger partial charge in [0, 0.05) is 21.8 Å². The van der Waals surface area contributed by atoms with Crippen molar-refractivity contribution in [2.24, 2.45) is 10.2 Å². The van der Waals surface area contributed by atoms with Crippen molar-refractivity contribution in [1.82, 2.24) is 10.9 Å². The summed E-state index contributed by atoms with van der Waals surface area (Å²) in [5.41, 5.74) is 7.01. The van der Waals surface area contributed by atoms with E-state index in [4.69, 9.17) is 0 Å². The van der Waals surface area contributed by atoms with Gasteiger partial charge in [0.15, 0.2) is 0 Å². The minimum Gasteiger partial charge on any atom is -0.273 e. The summed E-state index contributed by atoms with van der Waals surface area (Å²) in [6.45, 7) is 0. The lowest BCUT2D eigenvalue weighted by molar-refractivity contribution is -0.123. The minimum absolute atomic E-state index is 0.199. The maximum Gasteiger partial charge on any atom is 0.240 e. The highest BCUT2D eigenvalue weighted by molar-refractivity contribution is 9.12. The minimum atomic E-state index is -0.199. The molecule has 2 N–H and O–H groups in total. The average molecular weight is 560 g/mol. The van der Waals surface area contributed by atoms with Crippen LogP contribution in [0.4, 0.5) is 0 Å². The van der Waals surface area contributed by atoms with Crippen LogP contribution in [-0.2, 0) is 9.59 Å². The number of hydrazone groups is 2. The molecule has 0 aliphatic heterocycles. The Morgan fingerprint density at radius 3 is 1.44 bits per heavy atom. The number of amides is 2. The molecule has 0 atom stereocenters. The Bertz CT molecular complexity index is 906. The lowest BCUT2D eigenvalue weighted by Gasteiger charge is -2.01. The molecule has 166 valence electrons. The van der Waals surface area contributed by atoms with Gasteiger partial charge in [-0.1, -0.05) is 60.7 Å². The summed E-state index contributed by atoms with van der Waals surface area (Å²) in [6.07, 6.45) is 8.59. The third kappa shape index (κ3) is 11.5. The third-order valence-electron chi connectivity index (χ3n) is 4.02. The standard InChI is InChI=1S/C24H24Br2N4O2/c25-21(15-19-9-3-1-4-10-19)17-27-29-23(31)13-7-8-14-24(32)30-28-18-22(26)16-20-11-5-2-6-12-20/h1-6,9-12,15-18H,7-8,13-14H2,(H,29,31)(H,30,32)/b21-15+,22-16+,27-17?,28-18?. The van der Waals surface area contributed by atoms with E-state index in [1.807, 2.05) is 72.8 Å². The Balaban J connectivity index is 1.59. The first kappa shape index (κ1) is 25.4. The number of halogens is 2. The van der Waals surface area contributed by atoms with Crippen LogP contribution in [0.15, 0.2) is 79.8 Å². The molecule has 0 fully saturated rings. The van der Waals surface area contributed by atoms with Crippen LogP contribution >= 0.6 is 31.9 Å². The van der Waals surface area contributed by atoms with Gasteiger partial charge in [0.2, 0.25) is 11.8 Å². The van der Waals surface area contributed by atoms with Crippen LogP contribution < -0.4 is 10.9 Å². The quantitative estimate of drug-likeness (QED) is 0.213. The Kier molecular flexibility index (Phi) is 12.0. The Morgan fingerprint density at radius 1 is 0.688 bits per heavy atom. The van der Waals surface area contributed by atoms with Crippen molar-refractivity contribution in [2.45, 2.75) is 25.7 Å². The fourth-order valence-corrected chi connectivity index (χ4v) is 3.24. The zero-order chi connectivity index (χ0) is 23.0. The van der Waals surface area contributed by atoms with E-state index < -0.39 is 0 Å². The lowest BCUT2D eigenvalue weighted by Crippen LogP contribution is -2.18. The van der Waals surface area contributed by atoms with Crippen molar-refractivity contribution in [1.29, 1.82) is 0 Å². The summed E-state index contributed by atoms with van der Waals surface area (Å²) < 4.78 is 1.48. The number of hydrogen-bond donors (Lipinski definition) is 2. The summed E-state index contributed by atoms with van der Waals surface area (Å²) >= 11 is 6.78. The summed E-state index contributed by atoms with van der Waals surface area (Å²) in [7, 11) is 0. The molecule has 2 aromatic carbocycles. The number of hydrogen-bond acceptors (Lipinski definition) is 4. The maximum atomic E-state index is 11.8. The molecule has 6 nitrogen and oxygen atoms in total. The monoisotopic (exact) mass is 558 g/mol. The summed E-state index contributed by atoms with van der Waals surface area (Å²) in [6, 6.07) is 19.5. The van der Waals surface area contributed by atoms with Crippen molar-refractivity contribution in [2.75, 3.05) is 0 Å². The van der Waals surface area contributed by atoms with E-state index in [2.05, 4.69) is 52.9 Å². The Labute approximate surface area is 204 Å². The second kappa shape index (κ2) is 15.0. The van der Waals surface area contributed by atoms with Gasteiger partial charge in [0.05, 0.1) is 12.4 Å². The van der Waals surface area contributed by atoms with Crippen molar-refractivity contribution >= 4 is 68.3 Å². The van der Waals surface area contributed by atoms with Gasteiger partial charge in [0.25, 0.3) is 0 Å². The first-order valence-electron chi connectivity index (χ1n) is 10.0. The number of nitrogens with zero attached hydrogens (tertiary/aromatic N) is 2. The van der Waals surface area contributed by atoms with Crippen molar-refractivity contribution in [3.63, 3.8) is 0 Å². The highest BCUT2D eigenvalue weighted by Gasteiger charge is 2.03. The first-order valence-corrected chi connectivity index (χ1v) is 11.6. The molecule has 2 rings (SSSR count). The molecule has 0 aromatic heterocycles. The number of carbonyl (C=O) groups excluding carboxylic acids is 2. The average Bonchev–Trinajstić information content (AvgIpc) is 2.78. The van der Waals surface area contributed by atoms with E-state index in [0.29, 0.717) is 25.7 Å². The Hall–Kier alpha value is -2.84. The van der Waals surface area contributed by atoms with Crippen LogP contribution in [0, 0.1) is 0 Å². The molecule has 2 aromatic rings. The third-order valence-corrected chi connectivity index (χ3v) is 4.89. The zero-order valence-corrected chi connectivity index (χ0v) is 20.6. The van der Waals surface area contributed by atoms with Crippen LogP contribution in [0.3, 0.4) is 0 Å². The molecule has 0 spiro atoms. The van der Waals surface area contributed by atoms with Crippen molar-refractivity contribution in [3.8, 4) is 0 Å². The molecule has 0 saturated carbocycles. The summed E-state index contributed by atoms with van der Waals surface area (Å²) in [5.74, 6) is -0.399. The van der Waals surface area contributed by atoms with Crippen molar-refractivity contribution < 1.29 is 9.59 Å². The molecule has 0 unspecified atom stereocenters. The second-order valence-corrected chi connectivity index (χ2v) is 8.50. The first-order chi connectivity index (χ1) is 15.5. The highest BCUT2D eigenvalue weighted by atomic mass is 79.9. The van der Waals surface area contributed by atoms with Gasteiger partial charge in [-0.05, 0) is 68.0 Å². The van der Waals surface area contributed by atoms with Gasteiger partial charge < -0.3 is 0 Å². The number of rotatable bonds is 11. The van der Waals surface area contributed by atoms with Gasteiger partial charge in [0.1, 0.15) is 0 Å². The SMILES string of the molecule is O=C(CCCCC(=O)NN=C/C(Br)=C\c1ccccc1)NN=C/C(Br)=C\c1ccccc1. The number of allylic oxidation sites excluding steroid dienone is 2. The van der Waals surface area contributed by atoms with Crippen LogP contribution in [0.25, 0.3) is 12.2 Å². The number of unbranched alkanes of at least 4 members (excludes halogenated alkanes) is 1. The summed E-state index contributed by atoms with van der Waals surface area (Å²) in [5, 5.41) is 7.84. The molecule has 2 amide bonds. The van der Waals surface area contributed by atoms with Crippen molar-refractivity contribution in [3.05, 3.63) is 80.8 Å². The van der Waals surface area contributed by atoms with Gasteiger partial charge in [-0.25, -0.2) is 10.9 Å². The number of benzene rings is 2. The molecule has 0 bridgehead atoms. The highest BCUT2D eigenvalue weighted by Crippen LogP contribution is 2.10. The van der Waals surface area contributed by atoms with E-state index in [-0.39, 0.29) is 11.8 Å². The molecular formula is C24H24Br2N4O2. The molecule has 0 aliphatic carbocycles. The molecule has 0 aliphatic rings. The lowest BCUT2D eigenvalue weighted by atomic mass is 10.2. The zero-order valence-electron chi connectivity index (χ0n) is 17.4. The van der Waals surface area contributed by atoms with Crippen LogP contribution in [0.2, 0.25) is 0 Å². The summed E-state index contributed by atoms with van der Waals surface area (Å²) in [4.78, 5) is 23.7. The predicted octanol–water partition coefficient (Wildman–Crippen LogP) is 5.62. The Morgan fingerprint density at radius 2 is 1.06 bits per heavy atom. The van der Waals surface area contributed by atoms with E-state index >= 15 is 0 Å². The van der Waals surface area contributed by atoms with E-state index in [9.17, 15) is 9.59 Å². The molecule has 0 radical (unpaired) electrons. The fraction of sp³-hybridized carbons (Fsp3) is 0.167. The van der Waals surface area contributed by atoms with Crippen LogP contribution in [-0.4, -0.2) is 24.2 Å². The van der Waals surface area contributed by atoms with E-state index in [0.717, 1.165) is 20.1 Å². The van der Waals surface area contributed by atoms with Gasteiger partial charge >= 0.3 is 0 Å². The van der Waals surface area contributed by atoms with Gasteiger partial charge in [-0.3, -0.25) is 9.59 Å². The number of nitrogens with one attached hydrogen (secondary N) is 2. The predicted molar refractivity (Wildman–Crippen MR) is 138 cm³/mol. The normalized spacial score (nSPS) is 12.3. The van der Waals surface area contributed by atoms with Gasteiger partial charge in [-0.15, -0.1) is 0 Å². The second-order valence-electron chi connectivity index (χ2n) is 6.67. The number of carbonyl (C=O) groups is 2. The molecule has 8 heteroatoms. The smallest absolute Gasteiger partial charge is 0.240 e. The molecule has 0 heterocycles. The largest absolute Gasteiger partial charge is 0.273 e. The van der Waals surface area contributed by atoms with Crippen LogP contribution in [0.1, 0.15) is 36.8 Å². The molecule has 32 heavy (non-hydrogen) atoms. The van der Waals surface area contributed by atoms with E-state index in [1.54, 1.807) is 0 Å². The topological polar surface area (TPSA) is 82.9 Å². The fourth-order valence-electron chi connectivity index (χ4n) is 2.51.